The number of benzene rings is 1. The molecule has 38 heavy (non-hydrogen) atoms. The summed E-state index contributed by atoms with van der Waals surface area (Å²) >= 11 is 6.51. The summed E-state index contributed by atoms with van der Waals surface area (Å²) in [6.07, 6.45) is 4.50. The first kappa shape index (κ1) is 26.1. The molecule has 0 bridgehead atoms. The first-order valence-corrected chi connectivity index (χ1v) is 13.0. The van der Waals surface area contributed by atoms with Crippen molar-refractivity contribution in [1.29, 1.82) is 0 Å². The number of aromatic nitrogens is 4. The number of pyridine rings is 2. The monoisotopic (exact) mass is 535 g/mol. The Labute approximate surface area is 225 Å². The second-order valence-corrected chi connectivity index (χ2v) is 10.1. The second-order valence-electron chi connectivity index (χ2n) is 9.71. The number of halogens is 1. The lowest BCUT2D eigenvalue weighted by atomic mass is 9.85. The normalized spacial score (nSPS) is 19.4. The molecule has 3 atom stereocenters. The Balaban J connectivity index is 1.35. The fourth-order valence-corrected chi connectivity index (χ4v) is 5.21. The lowest BCUT2D eigenvalue weighted by molar-refractivity contribution is -0.129. The molecule has 1 aliphatic carbocycles. The average molecular weight is 536 g/mol. The standard InChI is InChI=1S/C28H30ClN5O4/c1-16-10-20(23-8-9-32-34(23)2)19-4-3-5-26(27(19)33-16)38-15-21-18(12-30-14-22(21)29)13-31-28(37)17-6-7-24(35)25(36)11-17/h3-5,8-10,12,14,17,24-25,35-36H,6-7,11,13,15H2,1-2H3,(H,31,37). The molecule has 0 radical (unpaired) electrons. The van der Waals surface area contributed by atoms with Crippen LogP contribution in [-0.2, 0) is 25.0 Å². The summed E-state index contributed by atoms with van der Waals surface area (Å²) in [7, 11) is 1.91. The molecule has 0 aliphatic heterocycles. The molecule has 1 aliphatic rings. The highest BCUT2D eigenvalue weighted by atomic mass is 35.5. The van der Waals surface area contributed by atoms with Crippen molar-refractivity contribution in [2.75, 3.05) is 0 Å². The molecule has 1 saturated carbocycles. The van der Waals surface area contributed by atoms with Crippen LogP contribution in [0, 0.1) is 12.8 Å². The maximum absolute atomic E-state index is 12.7. The largest absolute Gasteiger partial charge is 0.487 e. The van der Waals surface area contributed by atoms with Crippen LogP contribution in [0.15, 0.2) is 48.9 Å². The van der Waals surface area contributed by atoms with Gasteiger partial charge in [0, 0.05) is 60.3 Å². The zero-order chi connectivity index (χ0) is 26.8. The quantitative estimate of drug-likeness (QED) is 0.330. The van der Waals surface area contributed by atoms with Crippen LogP contribution in [0.3, 0.4) is 0 Å². The minimum atomic E-state index is -0.882. The molecule has 1 aromatic carbocycles. The van der Waals surface area contributed by atoms with Gasteiger partial charge in [0.1, 0.15) is 17.9 Å². The average Bonchev–Trinajstić information content (AvgIpc) is 3.33. The van der Waals surface area contributed by atoms with Gasteiger partial charge in [0.05, 0.1) is 22.9 Å². The summed E-state index contributed by atoms with van der Waals surface area (Å²) in [5, 5.41) is 28.3. The number of aliphatic hydroxyl groups is 2. The molecule has 0 spiro atoms. The number of hydrogen-bond donors (Lipinski definition) is 3. The highest BCUT2D eigenvalue weighted by Crippen LogP contribution is 2.34. The van der Waals surface area contributed by atoms with E-state index in [0.29, 0.717) is 23.6 Å². The molecule has 1 fully saturated rings. The molecule has 10 heteroatoms. The third-order valence-corrected chi connectivity index (χ3v) is 7.42. The van der Waals surface area contributed by atoms with E-state index in [0.717, 1.165) is 39.0 Å². The number of nitrogens with zero attached hydrogens (tertiary/aromatic N) is 4. The van der Waals surface area contributed by atoms with Gasteiger partial charge in [0.25, 0.3) is 0 Å². The van der Waals surface area contributed by atoms with Crippen molar-refractivity contribution in [3.63, 3.8) is 0 Å². The van der Waals surface area contributed by atoms with Gasteiger partial charge in [-0.25, -0.2) is 4.98 Å². The van der Waals surface area contributed by atoms with E-state index in [9.17, 15) is 15.0 Å². The van der Waals surface area contributed by atoms with E-state index in [1.165, 1.54) is 0 Å². The summed E-state index contributed by atoms with van der Waals surface area (Å²) in [6, 6.07) is 9.82. The topological polar surface area (TPSA) is 122 Å². The molecule has 3 aromatic heterocycles. The Morgan fingerprint density at radius 2 is 2.05 bits per heavy atom. The molecule has 9 nitrogen and oxygen atoms in total. The lowest BCUT2D eigenvalue weighted by Crippen LogP contribution is -2.40. The van der Waals surface area contributed by atoms with Crippen LogP contribution in [0.1, 0.15) is 36.1 Å². The van der Waals surface area contributed by atoms with Gasteiger partial charge in [-0.2, -0.15) is 5.10 Å². The molecule has 4 aromatic rings. The first-order chi connectivity index (χ1) is 18.3. The number of amides is 1. The van der Waals surface area contributed by atoms with Gasteiger partial charge in [-0.1, -0.05) is 23.7 Å². The smallest absolute Gasteiger partial charge is 0.223 e. The summed E-state index contributed by atoms with van der Waals surface area (Å²) in [5.74, 6) is 0.102. The van der Waals surface area contributed by atoms with Crippen molar-refractivity contribution in [3.05, 3.63) is 70.8 Å². The number of carbonyl (C=O) groups excluding carboxylic acids is 1. The number of para-hydroxylation sites is 1. The number of nitrogens with one attached hydrogen (secondary N) is 1. The molecule has 1 amide bonds. The molecule has 3 heterocycles. The molecule has 3 N–H and O–H groups in total. The minimum Gasteiger partial charge on any atom is -0.487 e. The Morgan fingerprint density at radius 1 is 1.21 bits per heavy atom. The fourth-order valence-electron chi connectivity index (χ4n) is 4.98. The van der Waals surface area contributed by atoms with Gasteiger partial charge in [0.2, 0.25) is 5.91 Å². The van der Waals surface area contributed by atoms with E-state index >= 15 is 0 Å². The summed E-state index contributed by atoms with van der Waals surface area (Å²) in [6.45, 7) is 2.33. The fraction of sp³-hybridized carbons (Fsp3) is 0.357. The maximum atomic E-state index is 12.7. The van der Waals surface area contributed by atoms with Crippen molar-refractivity contribution >= 4 is 28.4 Å². The molecular weight excluding hydrogens is 506 g/mol. The number of carbonyl (C=O) groups is 1. The van der Waals surface area contributed by atoms with Crippen molar-refractivity contribution < 1.29 is 19.7 Å². The maximum Gasteiger partial charge on any atom is 0.223 e. The first-order valence-electron chi connectivity index (χ1n) is 12.6. The van der Waals surface area contributed by atoms with Gasteiger partial charge in [-0.05, 0) is 49.9 Å². The van der Waals surface area contributed by atoms with Crippen molar-refractivity contribution in [3.8, 4) is 17.0 Å². The summed E-state index contributed by atoms with van der Waals surface area (Å²) in [4.78, 5) is 21.7. The van der Waals surface area contributed by atoms with E-state index in [1.54, 1.807) is 18.6 Å². The third-order valence-electron chi connectivity index (χ3n) is 7.10. The van der Waals surface area contributed by atoms with Crippen LogP contribution < -0.4 is 10.1 Å². The van der Waals surface area contributed by atoms with Gasteiger partial charge < -0.3 is 20.3 Å². The van der Waals surface area contributed by atoms with Gasteiger partial charge >= 0.3 is 0 Å². The van der Waals surface area contributed by atoms with Crippen LogP contribution in [0.5, 0.6) is 5.75 Å². The highest BCUT2D eigenvalue weighted by molar-refractivity contribution is 6.31. The Bertz CT molecular complexity index is 1470. The van der Waals surface area contributed by atoms with E-state index < -0.39 is 12.2 Å². The van der Waals surface area contributed by atoms with Crippen molar-refractivity contribution in [2.45, 2.75) is 51.5 Å². The van der Waals surface area contributed by atoms with E-state index in [1.807, 2.05) is 49.0 Å². The van der Waals surface area contributed by atoms with Crippen LogP contribution in [0.25, 0.3) is 22.2 Å². The zero-order valence-corrected chi connectivity index (χ0v) is 22.0. The Hall–Kier alpha value is -3.53. The van der Waals surface area contributed by atoms with Crippen LogP contribution in [-0.4, -0.2) is 48.1 Å². The van der Waals surface area contributed by atoms with E-state index in [4.69, 9.17) is 21.3 Å². The van der Waals surface area contributed by atoms with Crippen LogP contribution in [0.2, 0.25) is 5.02 Å². The highest BCUT2D eigenvalue weighted by Gasteiger charge is 2.31. The third kappa shape index (κ3) is 5.36. The number of ether oxygens (including phenoxy) is 1. The SMILES string of the molecule is Cc1cc(-c2ccnn2C)c2cccc(OCc3c(Cl)cncc3CNC(=O)C3CCC(O)C(O)C3)c2n1. The molecule has 0 saturated heterocycles. The number of fused-ring (bicyclic) bond motifs is 1. The number of aryl methyl sites for hydroxylation is 2. The van der Waals surface area contributed by atoms with E-state index in [2.05, 4.69) is 15.4 Å². The van der Waals surface area contributed by atoms with Crippen LogP contribution in [0.4, 0.5) is 0 Å². The van der Waals surface area contributed by atoms with Gasteiger partial charge in [0.15, 0.2) is 0 Å². The molecular formula is C28H30ClN5O4. The second kappa shape index (κ2) is 11.1. The Morgan fingerprint density at radius 3 is 2.82 bits per heavy atom. The number of hydrogen-bond acceptors (Lipinski definition) is 7. The van der Waals surface area contributed by atoms with Gasteiger partial charge in [-0.3, -0.25) is 14.5 Å². The molecule has 198 valence electrons. The predicted octanol–water partition coefficient (Wildman–Crippen LogP) is 3.71. The summed E-state index contributed by atoms with van der Waals surface area (Å²) < 4.78 is 8.09. The molecule has 5 rings (SSSR count). The lowest BCUT2D eigenvalue weighted by Gasteiger charge is -2.29. The number of rotatable bonds is 7. The minimum absolute atomic E-state index is 0.163. The number of aliphatic hydroxyl groups excluding tert-OH is 2. The van der Waals surface area contributed by atoms with Crippen LogP contribution >= 0.6 is 11.6 Å². The van der Waals surface area contributed by atoms with Crippen molar-refractivity contribution in [1.82, 2.24) is 25.1 Å². The van der Waals surface area contributed by atoms with Crippen molar-refractivity contribution in [2.24, 2.45) is 13.0 Å². The zero-order valence-electron chi connectivity index (χ0n) is 21.3. The van der Waals surface area contributed by atoms with E-state index in [-0.39, 0.29) is 31.4 Å². The Kier molecular flexibility index (Phi) is 7.60. The summed E-state index contributed by atoms with van der Waals surface area (Å²) in [5.41, 5.74) is 5.05. The molecule has 3 unspecified atom stereocenters. The van der Waals surface area contributed by atoms with Gasteiger partial charge in [-0.15, -0.1) is 0 Å². The predicted molar refractivity (Wildman–Crippen MR) is 143 cm³/mol.